The number of halogens is 1. The zero-order chi connectivity index (χ0) is 20.7. The van der Waals surface area contributed by atoms with E-state index in [-0.39, 0.29) is 0 Å². The maximum absolute atomic E-state index is 12.7. The number of hydrogen-bond donors (Lipinski definition) is 2. The van der Waals surface area contributed by atoms with E-state index in [2.05, 4.69) is 39.3 Å². The van der Waals surface area contributed by atoms with Gasteiger partial charge in [0.2, 0.25) is 0 Å². The summed E-state index contributed by atoms with van der Waals surface area (Å²) >= 11 is 2.20. The van der Waals surface area contributed by atoms with Crippen LogP contribution in [0.5, 0.6) is 0 Å². The van der Waals surface area contributed by atoms with Crippen LogP contribution in [0, 0.1) is 14.9 Å². The number of ether oxygens (including phenoxy) is 1. The van der Waals surface area contributed by atoms with Gasteiger partial charge in [0.15, 0.2) is 0 Å². The summed E-state index contributed by atoms with van der Waals surface area (Å²) in [5, 5.41) is 14.5. The fraction of sp³-hybridized carbons (Fsp3) is 0.286. The first kappa shape index (κ1) is 21.7. The van der Waals surface area contributed by atoms with Crippen LogP contribution in [0.2, 0.25) is 0 Å². The molecule has 0 spiro atoms. The van der Waals surface area contributed by atoms with Gasteiger partial charge in [-0.25, -0.2) is 4.79 Å². The molecule has 0 bridgehead atoms. The number of carbonyl (C=O) groups is 2. The molecule has 0 fully saturated rings. The molecule has 2 N–H and O–H groups in total. The van der Waals surface area contributed by atoms with Gasteiger partial charge in [-0.2, -0.15) is 5.26 Å². The molecule has 0 saturated carbocycles. The Morgan fingerprint density at radius 2 is 1.86 bits per heavy atom. The third-order valence-electron chi connectivity index (χ3n) is 3.62. The number of alkyl carbamates (subject to hydrolysis) is 1. The highest BCUT2D eigenvalue weighted by atomic mass is 127. The lowest BCUT2D eigenvalue weighted by Gasteiger charge is -2.22. The number of hydrogen-bond acceptors (Lipinski definition) is 5. The molecule has 0 aliphatic heterocycles. The van der Waals surface area contributed by atoms with Gasteiger partial charge in [-0.05, 0) is 85.3 Å². The highest BCUT2D eigenvalue weighted by Gasteiger charge is 2.24. The highest BCUT2D eigenvalue weighted by Crippen LogP contribution is 2.15. The lowest BCUT2D eigenvalue weighted by Crippen LogP contribution is -2.45. The Morgan fingerprint density at radius 1 is 1.18 bits per heavy atom. The van der Waals surface area contributed by atoms with Crippen molar-refractivity contribution in [3.05, 3.63) is 63.2 Å². The Balaban J connectivity index is 2.19. The Hall–Kier alpha value is -2.60. The van der Waals surface area contributed by atoms with Crippen LogP contribution in [0.1, 0.15) is 31.9 Å². The van der Waals surface area contributed by atoms with Gasteiger partial charge in [-0.15, -0.1) is 0 Å². The summed E-state index contributed by atoms with van der Waals surface area (Å²) < 4.78 is 6.24. The Morgan fingerprint density at radius 3 is 2.46 bits per heavy atom. The molecule has 0 radical (unpaired) electrons. The van der Waals surface area contributed by atoms with Gasteiger partial charge < -0.3 is 10.1 Å². The van der Waals surface area contributed by atoms with E-state index >= 15 is 0 Å². The number of benzene rings is 2. The van der Waals surface area contributed by atoms with E-state index in [1.54, 1.807) is 39.0 Å². The SMILES string of the molecule is CC(C)(C)OC(=O)NC(=O)[C@H](Cc1cccc(C#N)c1)Nc1ccc(I)cc1. The summed E-state index contributed by atoms with van der Waals surface area (Å²) in [4.78, 5) is 24.7. The maximum atomic E-state index is 12.7. The van der Waals surface area contributed by atoms with Crippen molar-refractivity contribution >= 4 is 40.3 Å². The number of imide groups is 1. The molecule has 0 heterocycles. The summed E-state index contributed by atoms with van der Waals surface area (Å²) in [7, 11) is 0. The van der Waals surface area contributed by atoms with Crippen LogP contribution in [0.15, 0.2) is 48.5 Å². The normalized spacial score (nSPS) is 11.8. The molecule has 28 heavy (non-hydrogen) atoms. The van der Waals surface area contributed by atoms with E-state index in [1.165, 1.54) is 0 Å². The number of nitrogens with one attached hydrogen (secondary N) is 2. The van der Waals surface area contributed by atoms with Crippen LogP contribution >= 0.6 is 22.6 Å². The van der Waals surface area contributed by atoms with E-state index < -0.39 is 23.6 Å². The third kappa shape index (κ3) is 7.19. The highest BCUT2D eigenvalue weighted by molar-refractivity contribution is 14.1. The molecule has 0 aromatic heterocycles. The van der Waals surface area contributed by atoms with Crippen molar-refractivity contribution in [2.45, 2.75) is 38.8 Å². The van der Waals surface area contributed by atoms with Crippen LogP contribution < -0.4 is 10.6 Å². The Kier molecular flexibility index (Phi) is 7.40. The average Bonchev–Trinajstić information content (AvgIpc) is 2.61. The minimum Gasteiger partial charge on any atom is -0.444 e. The lowest BCUT2D eigenvalue weighted by molar-refractivity contribution is -0.121. The van der Waals surface area contributed by atoms with Gasteiger partial charge in [0.25, 0.3) is 5.91 Å². The maximum Gasteiger partial charge on any atom is 0.414 e. The smallest absolute Gasteiger partial charge is 0.414 e. The first-order valence-electron chi connectivity index (χ1n) is 8.71. The number of anilines is 1. The van der Waals surface area contributed by atoms with Gasteiger partial charge in [0, 0.05) is 15.7 Å². The molecule has 0 saturated heterocycles. The molecule has 6 nitrogen and oxygen atoms in total. The first-order valence-corrected chi connectivity index (χ1v) is 9.79. The molecule has 2 amide bonds. The predicted octanol–water partition coefficient (Wildman–Crippen LogP) is 4.24. The number of nitrogens with zero attached hydrogens (tertiary/aromatic N) is 1. The molecule has 2 aromatic rings. The van der Waals surface area contributed by atoms with E-state index in [0.29, 0.717) is 12.0 Å². The topological polar surface area (TPSA) is 91.2 Å². The standard InChI is InChI=1S/C21H22IN3O3/c1-21(2,3)28-20(27)25-19(26)18(24-17-9-7-16(22)8-10-17)12-14-5-4-6-15(11-14)13-23/h4-11,18,24H,12H2,1-3H3,(H,25,26,27)/t18-/m0/s1. The van der Waals surface area contributed by atoms with Crippen LogP contribution in [-0.4, -0.2) is 23.6 Å². The molecule has 0 aliphatic carbocycles. The van der Waals surface area contributed by atoms with Crippen molar-refractivity contribution in [1.82, 2.24) is 5.32 Å². The largest absolute Gasteiger partial charge is 0.444 e. The van der Waals surface area contributed by atoms with Crippen molar-refractivity contribution in [1.29, 1.82) is 5.26 Å². The van der Waals surface area contributed by atoms with Crippen LogP contribution in [0.25, 0.3) is 0 Å². The number of amides is 2. The van der Waals surface area contributed by atoms with Crippen LogP contribution in [0.4, 0.5) is 10.5 Å². The van der Waals surface area contributed by atoms with E-state index in [4.69, 9.17) is 10.00 Å². The molecule has 0 aliphatic rings. The van der Waals surface area contributed by atoms with Crippen molar-refractivity contribution in [2.24, 2.45) is 0 Å². The van der Waals surface area contributed by atoms with Gasteiger partial charge in [-0.3, -0.25) is 10.1 Å². The molecule has 2 aromatic carbocycles. The summed E-state index contributed by atoms with van der Waals surface area (Å²) in [6.07, 6.45) is -0.492. The monoisotopic (exact) mass is 491 g/mol. The first-order chi connectivity index (χ1) is 13.2. The van der Waals surface area contributed by atoms with Crippen LogP contribution in [-0.2, 0) is 16.0 Å². The molecule has 0 unspecified atom stereocenters. The molecule has 2 rings (SSSR count). The van der Waals surface area contributed by atoms with Crippen molar-refractivity contribution in [3.8, 4) is 6.07 Å². The fourth-order valence-electron chi connectivity index (χ4n) is 2.45. The van der Waals surface area contributed by atoms with E-state index in [9.17, 15) is 9.59 Å². The van der Waals surface area contributed by atoms with Gasteiger partial charge in [0.1, 0.15) is 11.6 Å². The number of carbonyl (C=O) groups excluding carboxylic acids is 2. The van der Waals surface area contributed by atoms with Gasteiger partial charge in [0.05, 0.1) is 11.6 Å². The fourth-order valence-corrected chi connectivity index (χ4v) is 2.81. The number of nitriles is 1. The van der Waals surface area contributed by atoms with Crippen molar-refractivity contribution < 1.29 is 14.3 Å². The van der Waals surface area contributed by atoms with E-state index in [1.807, 2.05) is 30.3 Å². The summed E-state index contributed by atoms with van der Waals surface area (Å²) in [6, 6.07) is 16.0. The van der Waals surface area contributed by atoms with Gasteiger partial charge >= 0.3 is 6.09 Å². The predicted molar refractivity (Wildman–Crippen MR) is 116 cm³/mol. The molecular weight excluding hydrogens is 469 g/mol. The average molecular weight is 491 g/mol. The molecule has 1 atom stereocenters. The Bertz CT molecular complexity index is 883. The minimum absolute atomic E-state index is 0.302. The number of rotatable bonds is 5. The minimum atomic E-state index is -0.794. The summed E-state index contributed by atoms with van der Waals surface area (Å²) in [5.41, 5.74) is 1.37. The van der Waals surface area contributed by atoms with Crippen molar-refractivity contribution in [3.63, 3.8) is 0 Å². The molecular formula is C21H22IN3O3. The quantitative estimate of drug-likeness (QED) is 0.611. The summed E-state index contributed by atoms with van der Waals surface area (Å²) in [6.45, 7) is 5.18. The third-order valence-corrected chi connectivity index (χ3v) is 4.34. The Labute approximate surface area is 178 Å². The lowest BCUT2D eigenvalue weighted by atomic mass is 10.0. The molecule has 7 heteroatoms. The second-order valence-corrected chi connectivity index (χ2v) is 8.46. The van der Waals surface area contributed by atoms with Crippen molar-refractivity contribution in [2.75, 3.05) is 5.32 Å². The zero-order valence-electron chi connectivity index (χ0n) is 16.0. The second kappa shape index (κ2) is 9.55. The zero-order valence-corrected chi connectivity index (χ0v) is 18.1. The molecule has 146 valence electrons. The van der Waals surface area contributed by atoms with Gasteiger partial charge in [-0.1, -0.05) is 12.1 Å². The second-order valence-electron chi connectivity index (χ2n) is 7.21. The summed E-state index contributed by atoms with van der Waals surface area (Å²) in [5.74, 6) is -0.504. The van der Waals surface area contributed by atoms with E-state index in [0.717, 1.165) is 14.8 Å². The van der Waals surface area contributed by atoms with Crippen LogP contribution in [0.3, 0.4) is 0 Å².